The Labute approximate surface area is 126 Å². The zero-order chi connectivity index (χ0) is 15.4. The number of rotatable bonds is 4. The highest BCUT2D eigenvalue weighted by Gasteiger charge is 2.22. The smallest absolute Gasteiger partial charge is 0.375 e. The molecule has 0 spiro atoms. The summed E-state index contributed by atoms with van der Waals surface area (Å²) in [4.78, 5) is 27.6. The Morgan fingerprint density at radius 3 is 2.71 bits per heavy atom. The molecular weight excluding hydrogens is 296 g/mol. The largest absolute Gasteiger partial charge is 0.457 e. The van der Waals surface area contributed by atoms with Crippen LogP contribution in [-0.4, -0.2) is 23.0 Å². The first-order valence-electron chi connectivity index (χ1n) is 6.15. The van der Waals surface area contributed by atoms with Crippen molar-refractivity contribution in [2.45, 2.75) is 20.0 Å². The summed E-state index contributed by atoms with van der Waals surface area (Å²) in [7, 11) is 0. The molecule has 0 aliphatic heterocycles. The predicted molar refractivity (Wildman–Crippen MR) is 76.2 cm³/mol. The van der Waals surface area contributed by atoms with Crippen LogP contribution < -0.4 is 5.32 Å². The molecule has 2 aromatic heterocycles. The second-order valence-corrected chi connectivity index (χ2v) is 4.77. The molecule has 0 aliphatic carbocycles. The van der Waals surface area contributed by atoms with E-state index >= 15 is 0 Å². The molecule has 6 nitrogen and oxygen atoms in total. The standard InChI is InChI=1S/C14H13ClN2O4/c1-8-5-6-20-12(8)14(19)21-9(2)13(18)17-11-4-3-10(15)7-16-11/h3-7,9H,1-2H3,(H,16,17,18)/t9-/m1/s1. The number of nitrogens with zero attached hydrogens (tertiary/aromatic N) is 1. The molecule has 0 unspecified atom stereocenters. The lowest BCUT2D eigenvalue weighted by Crippen LogP contribution is -2.30. The molecule has 7 heteroatoms. The zero-order valence-electron chi connectivity index (χ0n) is 11.4. The molecule has 1 N–H and O–H groups in total. The van der Waals surface area contributed by atoms with E-state index in [1.165, 1.54) is 19.4 Å². The quantitative estimate of drug-likeness (QED) is 0.878. The fourth-order valence-electron chi connectivity index (χ4n) is 1.53. The SMILES string of the molecule is Cc1ccoc1C(=O)O[C@H](C)C(=O)Nc1ccc(Cl)cn1. The molecule has 0 fully saturated rings. The van der Waals surface area contributed by atoms with E-state index in [1.807, 2.05) is 0 Å². The van der Waals surface area contributed by atoms with Crippen molar-refractivity contribution in [3.63, 3.8) is 0 Å². The number of nitrogens with one attached hydrogen (secondary N) is 1. The monoisotopic (exact) mass is 308 g/mol. The van der Waals surface area contributed by atoms with E-state index in [0.29, 0.717) is 16.4 Å². The molecular formula is C14H13ClN2O4. The molecule has 0 bridgehead atoms. The van der Waals surface area contributed by atoms with Crippen LogP contribution in [-0.2, 0) is 9.53 Å². The summed E-state index contributed by atoms with van der Waals surface area (Å²) < 4.78 is 10.0. The van der Waals surface area contributed by atoms with Gasteiger partial charge in [0.1, 0.15) is 5.82 Å². The first-order valence-corrected chi connectivity index (χ1v) is 6.52. The maximum absolute atomic E-state index is 11.9. The molecule has 0 aromatic carbocycles. The minimum absolute atomic E-state index is 0.0827. The molecule has 1 atom stereocenters. The normalized spacial score (nSPS) is 11.8. The number of aryl methyl sites for hydroxylation is 1. The summed E-state index contributed by atoms with van der Waals surface area (Å²) in [6.07, 6.45) is 1.80. The highest BCUT2D eigenvalue weighted by molar-refractivity contribution is 6.30. The van der Waals surface area contributed by atoms with Crippen LogP contribution in [0.1, 0.15) is 23.0 Å². The van der Waals surface area contributed by atoms with E-state index in [1.54, 1.807) is 25.1 Å². The number of hydrogen-bond donors (Lipinski definition) is 1. The molecule has 0 radical (unpaired) electrons. The topological polar surface area (TPSA) is 81.4 Å². The summed E-state index contributed by atoms with van der Waals surface area (Å²) in [5.41, 5.74) is 0.645. The summed E-state index contributed by atoms with van der Waals surface area (Å²) >= 11 is 5.70. The molecule has 0 saturated carbocycles. The number of carbonyl (C=O) groups is 2. The van der Waals surface area contributed by atoms with Crippen molar-refractivity contribution in [1.29, 1.82) is 0 Å². The van der Waals surface area contributed by atoms with Gasteiger partial charge in [0.15, 0.2) is 6.10 Å². The molecule has 0 saturated heterocycles. The van der Waals surface area contributed by atoms with Gasteiger partial charge >= 0.3 is 5.97 Å². The number of hydrogen-bond acceptors (Lipinski definition) is 5. The molecule has 2 aromatic rings. The van der Waals surface area contributed by atoms with Crippen LogP contribution in [0.15, 0.2) is 35.1 Å². The lowest BCUT2D eigenvalue weighted by Gasteiger charge is -2.12. The van der Waals surface area contributed by atoms with Gasteiger partial charge < -0.3 is 14.5 Å². The van der Waals surface area contributed by atoms with Crippen molar-refractivity contribution in [3.05, 3.63) is 47.0 Å². The highest BCUT2D eigenvalue weighted by atomic mass is 35.5. The van der Waals surface area contributed by atoms with Gasteiger partial charge in [-0.3, -0.25) is 4.79 Å². The molecule has 110 valence electrons. The van der Waals surface area contributed by atoms with E-state index in [2.05, 4.69) is 10.3 Å². The Hall–Kier alpha value is -2.34. The Kier molecular flexibility index (Phi) is 4.59. The third kappa shape index (κ3) is 3.82. The number of carbonyl (C=O) groups excluding carboxylic acids is 2. The molecule has 1 amide bonds. The van der Waals surface area contributed by atoms with Gasteiger partial charge in [-0.05, 0) is 32.0 Å². The van der Waals surface area contributed by atoms with E-state index in [0.717, 1.165) is 0 Å². The maximum atomic E-state index is 11.9. The van der Waals surface area contributed by atoms with Gasteiger partial charge in [0.25, 0.3) is 5.91 Å². The van der Waals surface area contributed by atoms with E-state index < -0.39 is 18.0 Å². The van der Waals surface area contributed by atoms with Crippen LogP contribution in [0.5, 0.6) is 0 Å². The van der Waals surface area contributed by atoms with E-state index in [-0.39, 0.29) is 5.76 Å². The van der Waals surface area contributed by atoms with Gasteiger partial charge in [-0.25, -0.2) is 9.78 Å². The van der Waals surface area contributed by atoms with Crippen LogP contribution in [0.3, 0.4) is 0 Å². The first kappa shape index (κ1) is 15.1. The molecule has 2 heterocycles. The van der Waals surface area contributed by atoms with Gasteiger partial charge in [0, 0.05) is 11.8 Å². The minimum atomic E-state index is -0.987. The van der Waals surface area contributed by atoms with Crippen molar-refractivity contribution in [2.24, 2.45) is 0 Å². The second-order valence-electron chi connectivity index (χ2n) is 4.33. The lowest BCUT2D eigenvalue weighted by molar-refractivity contribution is -0.123. The molecule has 2 rings (SSSR count). The number of furan rings is 1. The number of halogens is 1. The minimum Gasteiger partial charge on any atom is -0.457 e. The fraction of sp³-hybridized carbons (Fsp3) is 0.214. The van der Waals surface area contributed by atoms with Crippen LogP contribution in [0.2, 0.25) is 5.02 Å². The van der Waals surface area contributed by atoms with Gasteiger partial charge in [-0.1, -0.05) is 11.6 Å². The Morgan fingerprint density at radius 1 is 1.38 bits per heavy atom. The summed E-state index contributed by atoms with van der Waals surface area (Å²) in [5.74, 6) is -0.785. The van der Waals surface area contributed by atoms with Crippen molar-refractivity contribution in [3.8, 4) is 0 Å². The number of pyridine rings is 1. The third-order valence-corrected chi connectivity index (χ3v) is 2.90. The second kappa shape index (κ2) is 6.41. The van der Waals surface area contributed by atoms with Gasteiger partial charge in [-0.15, -0.1) is 0 Å². The molecule has 0 aliphatic rings. The van der Waals surface area contributed by atoms with Crippen molar-refractivity contribution in [2.75, 3.05) is 5.32 Å². The Bertz CT molecular complexity index is 651. The van der Waals surface area contributed by atoms with Crippen LogP contribution in [0, 0.1) is 6.92 Å². The predicted octanol–water partition coefficient (Wildman–Crippen LogP) is 2.82. The number of anilines is 1. The van der Waals surface area contributed by atoms with Crippen molar-refractivity contribution < 1.29 is 18.7 Å². The van der Waals surface area contributed by atoms with Crippen molar-refractivity contribution >= 4 is 29.3 Å². The average molecular weight is 309 g/mol. The lowest BCUT2D eigenvalue weighted by atomic mass is 10.3. The first-order chi connectivity index (χ1) is 9.97. The number of aromatic nitrogens is 1. The average Bonchev–Trinajstić information content (AvgIpc) is 2.87. The number of esters is 1. The summed E-state index contributed by atoms with van der Waals surface area (Å²) in [6, 6.07) is 4.78. The summed E-state index contributed by atoms with van der Waals surface area (Å²) in [6.45, 7) is 3.17. The van der Waals surface area contributed by atoms with Crippen LogP contribution in [0.4, 0.5) is 5.82 Å². The van der Waals surface area contributed by atoms with Gasteiger partial charge in [0.05, 0.1) is 11.3 Å². The van der Waals surface area contributed by atoms with Crippen LogP contribution in [0.25, 0.3) is 0 Å². The highest BCUT2D eigenvalue weighted by Crippen LogP contribution is 2.13. The molecule has 21 heavy (non-hydrogen) atoms. The Balaban J connectivity index is 1.95. The Morgan fingerprint density at radius 2 is 2.14 bits per heavy atom. The van der Waals surface area contributed by atoms with Gasteiger partial charge in [-0.2, -0.15) is 0 Å². The third-order valence-electron chi connectivity index (χ3n) is 2.68. The van der Waals surface area contributed by atoms with Gasteiger partial charge in [0.2, 0.25) is 5.76 Å². The van der Waals surface area contributed by atoms with E-state index in [4.69, 9.17) is 20.8 Å². The fourth-order valence-corrected chi connectivity index (χ4v) is 1.64. The number of amides is 1. The van der Waals surface area contributed by atoms with Crippen molar-refractivity contribution in [1.82, 2.24) is 4.98 Å². The maximum Gasteiger partial charge on any atom is 0.375 e. The van der Waals surface area contributed by atoms with E-state index in [9.17, 15) is 9.59 Å². The number of ether oxygens (including phenoxy) is 1. The zero-order valence-corrected chi connectivity index (χ0v) is 12.2. The van der Waals surface area contributed by atoms with Crippen LogP contribution >= 0.6 is 11.6 Å². The summed E-state index contributed by atoms with van der Waals surface area (Å²) in [5, 5.41) is 2.98.